The molecule has 1 aliphatic rings. The molecule has 0 radical (unpaired) electrons. The van der Waals surface area contributed by atoms with Crippen molar-refractivity contribution in [2.24, 2.45) is 5.41 Å². The molecule has 0 aromatic rings. The molecule has 0 saturated heterocycles. The Hall–Kier alpha value is -0.590. The lowest BCUT2D eigenvalue weighted by Gasteiger charge is -2.10. The van der Waals surface area contributed by atoms with E-state index in [0.29, 0.717) is 19.6 Å². The van der Waals surface area contributed by atoms with Crippen LogP contribution in [0.5, 0.6) is 0 Å². The van der Waals surface area contributed by atoms with Crippen molar-refractivity contribution in [2.75, 3.05) is 26.9 Å². The van der Waals surface area contributed by atoms with Crippen molar-refractivity contribution in [1.82, 2.24) is 0 Å². The van der Waals surface area contributed by atoms with E-state index in [-0.39, 0.29) is 5.41 Å². The standard InChI is InChI=1S/C9H15NO2/c1-11-6-7-12-8-9(2-3-9)4-5-10/h2-4,6-8H2,1H3. The third-order valence-corrected chi connectivity index (χ3v) is 2.25. The van der Waals surface area contributed by atoms with Crippen molar-refractivity contribution in [3.8, 4) is 6.07 Å². The molecule has 0 atom stereocenters. The SMILES string of the molecule is COCCOCC1(CC#N)CC1. The first-order chi connectivity index (χ1) is 5.83. The fourth-order valence-electron chi connectivity index (χ4n) is 1.15. The van der Waals surface area contributed by atoms with Crippen LogP contribution in [0.1, 0.15) is 19.3 Å². The van der Waals surface area contributed by atoms with Crippen LogP contribution in [0, 0.1) is 16.7 Å². The summed E-state index contributed by atoms with van der Waals surface area (Å²) >= 11 is 0. The summed E-state index contributed by atoms with van der Waals surface area (Å²) in [5, 5.41) is 8.51. The van der Waals surface area contributed by atoms with Crippen LogP contribution < -0.4 is 0 Å². The van der Waals surface area contributed by atoms with Gasteiger partial charge in [-0.1, -0.05) is 0 Å². The number of nitrogens with zero attached hydrogens (tertiary/aromatic N) is 1. The summed E-state index contributed by atoms with van der Waals surface area (Å²) in [6.45, 7) is 2.01. The zero-order chi connectivity index (χ0) is 8.86. The first-order valence-electron chi connectivity index (χ1n) is 4.27. The zero-order valence-corrected chi connectivity index (χ0v) is 7.51. The van der Waals surface area contributed by atoms with E-state index in [1.807, 2.05) is 0 Å². The third kappa shape index (κ3) is 2.80. The average molecular weight is 169 g/mol. The Morgan fingerprint density at radius 2 is 2.17 bits per heavy atom. The van der Waals surface area contributed by atoms with Gasteiger partial charge in [-0.25, -0.2) is 0 Å². The molecular weight excluding hydrogens is 154 g/mol. The highest BCUT2D eigenvalue weighted by atomic mass is 16.5. The van der Waals surface area contributed by atoms with Gasteiger partial charge in [0.05, 0.1) is 25.9 Å². The minimum absolute atomic E-state index is 0.211. The van der Waals surface area contributed by atoms with Gasteiger partial charge in [0, 0.05) is 18.9 Å². The summed E-state index contributed by atoms with van der Waals surface area (Å²) in [7, 11) is 1.66. The van der Waals surface area contributed by atoms with Crippen LogP contribution in [-0.4, -0.2) is 26.9 Å². The molecule has 0 heterocycles. The van der Waals surface area contributed by atoms with Crippen molar-refractivity contribution in [1.29, 1.82) is 5.26 Å². The van der Waals surface area contributed by atoms with Crippen LogP contribution in [0.25, 0.3) is 0 Å². The predicted molar refractivity (Wildman–Crippen MR) is 44.6 cm³/mol. The Kier molecular flexibility index (Phi) is 3.51. The van der Waals surface area contributed by atoms with Crippen LogP contribution in [0.4, 0.5) is 0 Å². The fraction of sp³-hybridized carbons (Fsp3) is 0.889. The normalized spacial score (nSPS) is 18.7. The first-order valence-corrected chi connectivity index (χ1v) is 4.27. The smallest absolute Gasteiger partial charge is 0.0700 e. The number of rotatable bonds is 6. The predicted octanol–water partition coefficient (Wildman–Crippen LogP) is 1.34. The van der Waals surface area contributed by atoms with Gasteiger partial charge in [-0.05, 0) is 12.8 Å². The van der Waals surface area contributed by atoms with E-state index < -0.39 is 0 Å². The van der Waals surface area contributed by atoms with E-state index in [0.717, 1.165) is 19.4 Å². The van der Waals surface area contributed by atoms with Crippen LogP contribution in [-0.2, 0) is 9.47 Å². The molecule has 0 amide bonds. The number of methoxy groups -OCH3 is 1. The van der Waals surface area contributed by atoms with Crippen LogP contribution in [0.2, 0.25) is 0 Å². The van der Waals surface area contributed by atoms with Gasteiger partial charge in [0.1, 0.15) is 0 Å². The van der Waals surface area contributed by atoms with Crippen molar-refractivity contribution in [3.63, 3.8) is 0 Å². The molecule has 3 nitrogen and oxygen atoms in total. The van der Waals surface area contributed by atoms with E-state index in [1.165, 1.54) is 0 Å². The third-order valence-electron chi connectivity index (χ3n) is 2.25. The number of hydrogen-bond acceptors (Lipinski definition) is 3. The van der Waals surface area contributed by atoms with Gasteiger partial charge in [0.2, 0.25) is 0 Å². The van der Waals surface area contributed by atoms with Gasteiger partial charge in [-0.3, -0.25) is 0 Å². The van der Waals surface area contributed by atoms with Gasteiger partial charge >= 0.3 is 0 Å². The second-order valence-electron chi connectivity index (χ2n) is 3.38. The lowest BCUT2D eigenvalue weighted by molar-refractivity contribution is 0.0464. The van der Waals surface area contributed by atoms with E-state index >= 15 is 0 Å². The summed E-state index contributed by atoms with van der Waals surface area (Å²) in [6.07, 6.45) is 2.93. The maximum absolute atomic E-state index is 8.51. The van der Waals surface area contributed by atoms with Crippen LogP contribution >= 0.6 is 0 Å². The molecule has 1 fully saturated rings. The minimum Gasteiger partial charge on any atom is -0.382 e. The molecule has 1 saturated carbocycles. The average Bonchev–Trinajstić information content (AvgIpc) is 2.81. The summed E-state index contributed by atoms with van der Waals surface area (Å²) in [5.41, 5.74) is 0.211. The van der Waals surface area contributed by atoms with Crippen molar-refractivity contribution >= 4 is 0 Å². The molecule has 0 aromatic carbocycles. The minimum atomic E-state index is 0.211. The molecule has 12 heavy (non-hydrogen) atoms. The molecule has 68 valence electrons. The molecule has 0 aliphatic heterocycles. The van der Waals surface area contributed by atoms with E-state index in [9.17, 15) is 0 Å². The summed E-state index contributed by atoms with van der Waals surface area (Å²) < 4.78 is 10.2. The zero-order valence-electron chi connectivity index (χ0n) is 7.51. The van der Waals surface area contributed by atoms with E-state index in [4.69, 9.17) is 14.7 Å². The number of nitriles is 1. The van der Waals surface area contributed by atoms with Crippen LogP contribution in [0.3, 0.4) is 0 Å². The van der Waals surface area contributed by atoms with Gasteiger partial charge in [0.25, 0.3) is 0 Å². The molecule has 3 heteroatoms. The molecule has 1 rings (SSSR count). The molecular formula is C9H15NO2. The first kappa shape index (κ1) is 9.50. The summed E-state index contributed by atoms with van der Waals surface area (Å²) in [6, 6.07) is 2.20. The van der Waals surface area contributed by atoms with E-state index in [1.54, 1.807) is 7.11 Å². The van der Waals surface area contributed by atoms with Gasteiger partial charge in [-0.2, -0.15) is 5.26 Å². The Bertz CT molecular complexity index is 170. The highest BCUT2D eigenvalue weighted by Crippen LogP contribution is 2.48. The highest BCUT2D eigenvalue weighted by molar-refractivity contribution is 4.99. The monoisotopic (exact) mass is 169 g/mol. The van der Waals surface area contributed by atoms with Gasteiger partial charge in [-0.15, -0.1) is 0 Å². The Morgan fingerprint density at radius 1 is 1.42 bits per heavy atom. The Balaban J connectivity index is 2.03. The van der Waals surface area contributed by atoms with Crippen molar-refractivity contribution < 1.29 is 9.47 Å². The summed E-state index contributed by atoms with van der Waals surface area (Å²) in [5.74, 6) is 0. The molecule has 0 aromatic heterocycles. The maximum Gasteiger partial charge on any atom is 0.0700 e. The molecule has 1 aliphatic carbocycles. The Morgan fingerprint density at radius 3 is 2.67 bits per heavy atom. The van der Waals surface area contributed by atoms with Crippen LogP contribution in [0.15, 0.2) is 0 Å². The fourth-order valence-corrected chi connectivity index (χ4v) is 1.15. The van der Waals surface area contributed by atoms with Gasteiger partial charge in [0.15, 0.2) is 0 Å². The summed E-state index contributed by atoms with van der Waals surface area (Å²) in [4.78, 5) is 0. The molecule has 0 N–H and O–H groups in total. The number of hydrogen-bond donors (Lipinski definition) is 0. The lowest BCUT2D eigenvalue weighted by atomic mass is 10.1. The lowest BCUT2D eigenvalue weighted by Crippen LogP contribution is -2.12. The van der Waals surface area contributed by atoms with Gasteiger partial charge < -0.3 is 9.47 Å². The molecule has 0 bridgehead atoms. The second kappa shape index (κ2) is 4.44. The molecule has 0 unspecified atom stereocenters. The number of ether oxygens (including phenoxy) is 2. The van der Waals surface area contributed by atoms with E-state index in [2.05, 4.69) is 6.07 Å². The largest absolute Gasteiger partial charge is 0.382 e. The topological polar surface area (TPSA) is 42.2 Å². The van der Waals surface area contributed by atoms with Crippen molar-refractivity contribution in [2.45, 2.75) is 19.3 Å². The maximum atomic E-state index is 8.51. The quantitative estimate of drug-likeness (QED) is 0.563. The Labute approximate surface area is 73.3 Å². The van der Waals surface area contributed by atoms with Crippen molar-refractivity contribution in [3.05, 3.63) is 0 Å². The highest BCUT2D eigenvalue weighted by Gasteiger charge is 2.42. The molecule has 0 spiro atoms. The second-order valence-corrected chi connectivity index (χ2v) is 3.38.